The third-order valence-corrected chi connectivity index (χ3v) is 4.72. The van der Waals surface area contributed by atoms with Crippen LogP contribution in [0.5, 0.6) is 0 Å². The van der Waals surface area contributed by atoms with Crippen molar-refractivity contribution in [2.45, 2.75) is 0 Å². The van der Waals surface area contributed by atoms with E-state index >= 15 is 0 Å². The minimum Gasteiger partial charge on any atom is -0.365 e. The number of thiazole rings is 1. The predicted octanol–water partition coefficient (Wildman–Crippen LogP) is 5.41. The summed E-state index contributed by atoms with van der Waals surface area (Å²) in [5.41, 5.74) is 2.82. The number of anilines is 2. The van der Waals surface area contributed by atoms with Gasteiger partial charge in [-0.2, -0.15) is 0 Å². The Labute approximate surface area is 153 Å². The summed E-state index contributed by atoms with van der Waals surface area (Å²) in [4.78, 5) is 16.8. The molecule has 3 rings (SSSR count). The maximum absolute atomic E-state index is 12.4. The number of hydrogen-bond donors (Lipinski definition) is 2. The summed E-state index contributed by atoms with van der Waals surface area (Å²) in [5, 5.41) is 9.46. The molecule has 4 nitrogen and oxygen atoms in total. The van der Waals surface area contributed by atoms with E-state index in [9.17, 15) is 4.79 Å². The molecule has 0 saturated heterocycles. The Balaban J connectivity index is 1.82. The van der Waals surface area contributed by atoms with Crippen molar-refractivity contribution < 1.29 is 4.79 Å². The van der Waals surface area contributed by atoms with Gasteiger partial charge >= 0.3 is 0 Å². The second-order valence-electron chi connectivity index (χ2n) is 4.95. The molecule has 0 unspecified atom stereocenters. The highest BCUT2D eigenvalue weighted by molar-refractivity contribution is 7.14. The smallest absolute Gasteiger partial charge is 0.257 e. The maximum Gasteiger partial charge on any atom is 0.257 e. The van der Waals surface area contributed by atoms with E-state index in [0.717, 1.165) is 16.4 Å². The number of amides is 1. The van der Waals surface area contributed by atoms with Crippen molar-refractivity contribution in [3.63, 3.8) is 0 Å². The summed E-state index contributed by atoms with van der Waals surface area (Å²) >= 11 is 13.5. The molecule has 2 N–H and O–H groups in total. The molecule has 1 aromatic heterocycles. The first kappa shape index (κ1) is 16.8. The number of nitrogens with one attached hydrogen (secondary N) is 2. The number of nitrogens with zero attached hydrogens (tertiary/aromatic N) is 1. The van der Waals surface area contributed by atoms with Gasteiger partial charge in [-0.3, -0.25) is 4.79 Å². The highest BCUT2D eigenvalue weighted by Crippen LogP contribution is 2.27. The minimum absolute atomic E-state index is 0.289. The topological polar surface area (TPSA) is 54.0 Å². The van der Waals surface area contributed by atoms with Crippen molar-refractivity contribution in [2.75, 3.05) is 17.7 Å². The van der Waals surface area contributed by atoms with Crippen molar-refractivity contribution in [3.05, 3.63) is 63.5 Å². The number of carbonyl (C=O) groups is 1. The molecule has 0 fully saturated rings. The average Bonchev–Trinajstić information content (AvgIpc) is 3.04. The van der Waals surface area contributed by atoms with Gasteiger partial charge in [-0.15, -0.1) is 11.3 Å². The van der Waals surface area contributed by atoms with Crippen LogP contribution >= 0.6 is 34.5 Å². The third-order valence-electron chi connectivity index (χ3n) is 3.31. The van der Waals surface area contributed by atoms with E-state index in [1.54, 1.807) is 18.2 Å². The Hall–Kier alpha value is -2.08. The Morgan fingerprint density at radius 1 is 1.17 bits per heavy atom. The fraction of sp³-hybridized carbons (Fsp3) is 0.0588. The van der Waals surface area contributed by atoms with Crippen LogP contribution in [-0.4, -0.2) is 17.9 Å². The van der Waals surface area contributed by atoms with Crippen LogP contribution in [0.4, 0.5) is 10.8 Å². The molecule has 24 heavy (non-hydrogen) atoms. The van der Waals surface area contributed by atoms with Crippen LogP contribution in [0.1, 0.15) is 10.4 Å². The molecule has 3 aromatic rings. The van der Waals surface area contributed by atoms with Gasteiger partial charge in [-0.1, -0.05) is 35.3 Å². The number of rotatable bonds is 4. The SMILES string of the molecule is CNc1nc(-c2cccc(NC(=O)c3ccc(Cl)cc3Cl)c2)cs1. The molecular formula is C17H13Cl2N3OS. The lowest BCUT2D eigenvalue weighted by Crippen LogP contribution is -2.12. The van der Waals surface area contributed by atoms with Crippen molar-refractivity contribution in [1.29, 1.82) is 0 Å². The van der Waals surface area contributed by atoms with Gasteiger partial charge in [0.25, 0.3) is 5.91 Å². The molecule has 0 spiro atoms. The van der Waals surface area contributed by atoms with E-state index in [1.807, 2.05) is 36.7 Å². The fourth-order valence-electron chi connectivity index (χ4n) is 2.15. The van der Waals surface area contributed by atoms with Crippen LogP contribution in [0.2, 0.25) is 10.0 Å². The van der Waals surface area contributed by atoms with Crippen LogP contribution in [0.3, 0.4) is 0 Å². The summed E-state index contributed by atoms with van der Waals surface area (Å²) < 4.78 is 0. The van der Waals surface area contributed by atoms with Crippen LogP contribution in [0.15, 0.2) is 47.8 Å². The highest BCUT2D eigenvalue weighted by Gasteiger charge is 2.12. The van der Waals surface area contributed by atoms with Crippen LogP contribution in [-0.2, 0) is 0 Å². The van der Waals surface area contributed by atoms with Crippen LogP contribution in [0.25, 0.3) is 11.3 Å². The Morgan fingerprint density at radius 3 is 2.71 bits per heavy atom. The normalized spacial score (nSPS) is 10.5. The summed E-state index contributed by atoms with van der Waals surface area (Å²) in [7, 11) is 1.83. The molecule has 7 heteroatoms. The lowest BCUT2D eigenvalue weighted by atomic mass is 10.1. The number of hydrogen-bond acceptors (Lipinski definition) is 4. The van der Waals surface area contributed by atoms with Gasteiger partial charge in [0.2, 0.25) is 0 Å². The molecular weight excluding hydrogens is 365 g/mol. The zero-order chi connectivity index (χ0) is 17.1. The van der Waals surface area contributed by atoms with Crippen molar-refractivity contribution in [1.82, 2.24) is 4.98 Å². The molecule has 1 heterocycles. The van der Waals surface area contributed by atoms with Gasteiger partial charge in [0, 0.05) is 28.7 Å². The standard InChI is InChI=1S/C17H13Cl2N3OS/c1-20-17-22-15(9-24-17)10-3-2-4-12(7-10)21-16(23)13-6-5-11(18)8-14(13)19/h2-9H,1H3,(H,20,22)(H,21,23). The number of aromatic nitrogens is 1. The molecule has 0 aliphatic heterocycles. The molecule has 0 bridgehead atoms. The van der Waals surface area contributed by atoms with Crippen LogP contribution < -0.4 is 10.6 Å². The Morgan fingerprint density at radius 2 is 2.00 bits per heavy atom. The molecule has 0 saturated carbocycles. The van der Waals surface area contributed by atoms with Gasteiger partial charge in [0.15, 0.2) is 5.13 Å². The Bertz CT molecular complexity index is 895. The van der Waals surface area contributed by atoms with Gasteiger partial charge in [0.1, 0.15) is 0 Å². The number of halogens is 2. The Kier molecular flexibility index (Phi) is 5.04. The quantitative estimate of drug-likeness (QED) is 0.638. The minimum atomic E-state index is -0.289. The first-order chi connectivity index (χ1) is 11.6. The van der Waals surface area contributed by atoms with E-state index < -0.39 is 0 Å². The van der Waals surface area contributed by atoms with Gasteiger partial charge in [0.05, 0.1) is 16.3 Å². The summed E-state index contributed by atoms with van der Waals surface area (Å²) in [6.07, 6.45) is 0. The zero-order valence-corrected chi connectivity index (χ0v) is 15.0. The predicted molar refractivity (Wildman–Crippen MR) is 102 cm³/mol. The lowest BCUT2D eigenvalue weighted by Gasteiger charge is -2.08. The molecule has 0 aliphatic rings. The van der Waals surface area contributed by atoms with Gasteiger partial charge in [-0.25, -0.2) is 4.98 Å². The number of carbonyl (C=O) groups excluding carboxylic acids is 1. The molecule has 2 aromatic carbocycles. The first-order valence-electron chi connectivity index (χ1n) is 7.07. The largest absolute Gasteiger partial charge is 0.365 e. The first-order valence-corrected chi connectivity index (χ1v) is 8.70. The zero-order valence-electron chi connectivity index (χ0n) is 12.6. The number of benzene rings is 2. The third kappa shape index (κ3) is 3.70. The second-order valence-corrected chi connectivity index (χ2v) is 6.65. The summed E-state index contributed by atoms with van der Waals surface area (Å²) in [5.74, 6) is -0.289. The van der Waals surface area contributed by atoms with Crippen molar-refractivity contribution >= 4 is 51.3 Å². The van der Waals surface area contributed by atoms with Gasteiger partial charge < -0.3 is 10.6 Å². The summed E-state index contributed by atoms with van der Waals surface area (Å²) in [6.45, 7) is 0. The molecule has 0 radical (unpaired) electrons. The maximum atomic E-state index is 12.4. The monoisotopic (exact) mass is 377 g/mol. The average molecular weight is 378 g/mol. The van der Waals surface area contributed by atoms with Gasteiger partial charge in [-0.05, 0) is 30.3 Å². The lowest BCUT2D eigenvalue weighted by molar-refractivity contribution is 0.102. The van der Waals surface area contributed by atoms with E-state index in [-0.39, 0.29) is 5.91 Å². The highest BCUT2D eigenvalue weighted by atomic mass is 35.5. The summed E-state index contributed by atoms with van der Waals surface area (Å²) in [6, 6.07) is 12.3. The molecule has 0 atom stereocenters. The molecule has 122 valence electrons. The van der Waals surface area contributed by atoms with E-state index in [2.05, 4.69) is 15.6 Å². The van der Waals surface area contributed by atoms with E-state index in [4.69, 9.17) is 23.2 Å². The fourth-order valence-corrected chi connectivity index (χ4v) is 3.32. The second kappa shape index (κ2) is 7.21. The van der Waals surface area contributed by atoms with Crippen LogP contribution in [0, 0.1) is 0 Å². The van der Waals surface area contributed by atoms with E-state index in [0.29, 0.717) is 21.3 Å². The van der Waals surface area contributed by atoms with E-state index in [1.165, 1.54) is 11.3 Å². The molecule has 1 amide bonds. The van der Waals surface area contributed by atoms with Crippen molar-refractivity contribution in [2.24, 2.45) is 0 Å². The van der Waals surface area contributed by atoms with Crippen molar-refractivity contribution in [3.8, 4) is 11.3 Å². The molecule has 0 aliphatic carbocycles.